The first-order valence-corrected chi connectivity index (χ1v) is 7.26. The number of rotatable bonds is 6. The molecule has 0 saturated heterocycles. The topological polar surface area (TPSA) is 56.8 Å². The highest BCUT2D eigenvalue weighted by Crippen LogP contribution is 2.29. The number of methoxy groups -OCH3 is 2. The van der Waals surface area contributed by atoms with Crippen LogP contribution in [0.1, 0.15) is 11.1 Å². The number of benzene rings is 2. The zero-order valence-electron chi connectivity index (χ0n) is 13.8. The largest absolute Gasteiger partial charge is 0.493 e. The average Bonchev–Trinajstić information content (AvgIpc) is 2.56. The highest BCUT2D eigenvalue weighted by atomic mass is 16.5. The van der Waals surface area contributed by atoms with E-state index in [4.69, 9.17) is 14.2 Å². The maximum absolute atomic E-state index is 12.0. The molecule has 0 aliphatic rings. The lowest BCUT2D eigenvalue weighted by molar-refractivity contribution is -0.118. The molecule has 23 heavy (non-hydrogen) atoms. The van der Waals surface area contributed by atoms with E-state index in [1.54, 1.807) is 32.4 Å². The van der Waals surface area contributed by atoms with Gasteiger partial charge in [-0.2, -0.15) is 0 Å². The van der Waals surface area contributed by atoms with Crippen molar-refractivity contribution >= 4 is 11.6 Å². The molecule has 0 unspecified atom stereocenters. The minimum Gasteiger partial charge on any atom is -0.493 e. The van der Waals surface area contributed by atoms with Crippen LogP contribution in [0.2, 0.25) is 0 Å². The molecule has 0 atom stereocenters. The molecule has 2 rings (SSSR count). The summed E-state index contributed by atoms with van der Waals surface area (Å²) in [5.41, 5.74) is 2.78. The van der Waals surface area contributed by atoms with Crippen molar-refractivity contribution in [3.05, 3.63) is 47.5 Å². The molecular weight excluding hydrogens is 294 g/mol. The molecule has 2 aromatic carbocycles. The van der Waals surface area contributed by atoms with Gasteiger partial charge < -0.3 is 19.5 Å². The first-order valence-electron chi connectivity index (χ1n) is 7.26. The van der Waals surface area contributed by atoms with Crippen molar-refractivity contribution in [2.24, 2.45) is 0 Å². The SMILES string of the molecule is COc1ccc(NC(=O)COc2cccc(C)c2C)cc1OC. The van der Waals surface area contributed by atoms with E-state index < -0.39 is 0 Å². The van der Waals surface area contributed by atoms with Crippen molar-refractivity contribution in [3.63, 3.8) is 0 Å². The van der Waals surface area contributed by atoms with Crippen LogP contribution in [0.3, 0.4) is 0 Å². The number of anilines is 1. The molecule has 0 aromatic heterocycles. The zero-order chi connectivity index (χ0) is 16.8. The Morgan fingerprint density at radius 2 is 1.74 bits per heavy atom. The van der Waals surface area contributed by atoms with Gasteiger partial charge in [0.05, 0.1) is 14.2 Å². The number of nitrogens with one attached hydrogen (secondary N) is 1. The van der Waals surface area contributed by atoms with Crippen molar-refractivity contribution in [2.45, 2.75) is 13.8 Å². The maximum Gasteiger partial charge on any atom is 0.262 e. The number of amides is 1. The predicted octanol–water partition coefficient (Wildman–Crippen LogP) is 3.34. The third kappa shape index (κ3) is 4.16. The second kappa shape index (κ2) is 7.54. The van der Waals surface area contributed by atoms with Gasteiger partial charge >= 0.3 is 0 Å². The highest BCUT2D eigenvalue weighted by molar-refractivity contribution is 5.92. The van der Waals surface area contributed by atoms with Gasteiger partial charge in [0, 0.05) is 11.8 Å². The molecule has 0 radical (unpaired) electrons. The van der Waals surface area contributed by atoms with Gasteiger partial charge in [0.25, 0.3) is 5.91 Å². The van der Waals surface area contributed by atoms with E-state index in [1.165, 1.54) is 0 Å². The summed E-state index contributed by atoms with van der Waals surface area (Å²) in [5.74, 6) is 1.64. The summed E-state index contributed by atoms with van der Waals surface area (Å²) in [4.78, 5) is 12.0. The third-order valence-corrected chi connectivity index (χ3v) is 3.58. The Morgan fingerprint density at radius 1 is 1.00 bits per heavy atom. The first kappa shape index (κ1) is 16.7. The van der Waals surface area contributed by atoms with E-state index >= 15 is 0 Å². The van der Waals surface area contributed by atoms with Crippen LogP contribution in [0.25, 0.3) is 0 Å². The zero-order valence-corrected chi connectivity index (χ0v) is 13.8. The summed E-state index contributed by atoms with van der Waals surface area (Å²) >= 11 is 0. The summed E-state index contributed by atoms with van der Waals surface area (Å²) < 4.78 is 16.0. The summed E-state index contributed by atoms with van der Waals surface area (Å²) in [6.45, 7) is 3.92. The Balaban J connectivity index is 1.98. The molecule has 0 spiro atoms. The lowest BCUT2D eigenvalue weighted by Crippen LogP contribution is -2.20. The van der Waals surface area contributed by atoms with Crippen LogP contribution in [-0.2, 0) is 4.79 Å². The third-order valence-electron chi connectivity index (χ3n) is 3.58. The van der Waals surface area contributed by atoms with E-state index in [0.717, 1.165) is 11.1 Å². The van der Waals surface area contributed by atoms with Gasteiger partial charge in [-0.05, 0) is 43.2 Å². The maximum atomic E-state index is 12.0. The van der Waals surface area contributed by atoms with Crippen LogP contribution >= 0.6 is 0 Å². The Bertz CT molecular complexity index is 697. The van der Waals surface area contributed by atoms with Gasteiger partial charge in [-0.1, -0.05) is 12.1 Å². The normalized spacial score (nSPS) is 10.1. The fraction of sp³-hybridized carbons (Fsp3) is 0.278. The summed E-state index contributed by atoms with van der Waals surface area (Å²) in [6, 6.07) is 11.0. The van der Waals surface area contributed by atoms with E-state index in [0.29, 0.717) is 22.9 Å². The summed E-state index contributed by atoms with van der Waals surface area (Å²) in [5, 5.41) is 2.77. The average molecular weight is 315 g/mol. The predicted molar refractivity (Wildman–Crippen MR) is 89.6 cm³/mol. The molecule has 0 aliphatic heterocycles. The number of aryl methyl sites for hydroxylation is 1. The Hall–Kier alpha value is -2.69. The van der Waals surface area contributed by atoms with E-state index in [1.807, 2.05) is 32.0 Å². The van der Waals surface area contributed by atoms with E-state index in [9.17, 15) is 4.79 Å². The Morgan fingerprint density at radius 3 is 2.43 bits per heavy atom. The standard InChI is InChI=1S/C18H21NO4/c1-12-6-5-7-15(13(12)2)23-11-18(20)19-14-8-9-16(21-3)17(10-14)22-4/h5-10H,11H2,1-4H3,(H,19,20). The van der Waals surface area contributed by atoms with Crippen LogP contribution in [0.5, 0.6) is 17.2 Å². The molecule has 5 nitrogen and oxygen atoms in total. The smallest absolute Gasteiger partial charge is 0.262 e. The lowest BCUT2D eigenvalue weighted by Gasteiger charge is -2.12. The van der Waals surface area contributed by atoms with Gasteiger partial charge in [-0.25, -0.2) is 0 Å². The molecule has 0 fully saturated rings. The monoisotopic (exact) mass is 315 g/mol. The molecular formula is C18H21NO4. The number of carbonyl (C=O) groups is 1. The van der Waals surface area contributed by atoms with Gasteiger partial charge in [0.2, 0.25) is 0 Å². The van der Waals surface area contributed by atoms with Crippen molar-refractivity contribution in [1.29, 1.82) is 0 Å². The number of ether oxygens (including phenoxy) is 3. The van der Waals surface area contributed by atoms with Crippen LogP contribution in [-0.4, -0.2) is 26.7 Å². The molecule has 2 aromatic rings. The molecule has 122 valence electrons. The summed E-state index contributed by atoms with van der Waals surface area (Å²) in [6.07, 6.45) is 0. The summed E-state index contributed by atoms with van der Waals surface area (Å²) in [7, 11) is 3.11. The molecule has 0 saturated carbocycles. The molecule has 0 heterocycles. The lowest BCUT2D eigenvalue weighted by atomic mass is 10.1. The van der Waals surface area contributed by atoms with Crippen LogP contribution in [0.4, 0.5) is 5.69 Å². The van der Waals surface area contributed by atoms with Crippen LogP contribution in [0.15, 0.2) is 36.4 Å². The number of hydrogen-bond donors (Lipinski definition) is 1. The fourth-order valence-corrected chi connectivity index (χ4v) is 2.13. The second-order valence-corrected chi connectivity index (χ2v) is 5.10. The van der Waals surface area contributed by atoms with Crippen molar-refractivity contribution < 1.29 is 19.0 Å². The molecule has 0 bridgehead atoms. The number of hydrogen-bond acceptors (Lipinski definition) is 4. The fourth-order valence-electron chi connectivity index (χ4n) is 2.13. The van der Waals surface area contributed by atoms with Gasteiger partial charge in [-0.15, -0.1) is 0 Å². The van der Waals surface area contributed by atoms with Crippen LogP contribution in [0, 0.1) is 13.8 Å². The van der Waals surface area contributed by atoms with Crippen LogP contribution < -0.4 is 19.5 Å². The number of carbonyl (C=O) groups excluding carboxylic acids is 1. The first-order chi connectivity index (χ1) is 11.0. The Kier molecular flexibility index (Phi) is 5.46. The minimum atomic E-state index is -0.238. The van der Waals surface area contributed by atoms with Gasteiger partial charge in [0.15, 0.2) is 18.1 Å². The van der Waals surface area contributed by atoms with Crippen molar-refractivity contribution in [3.8, 4) is 17.2 Å². The van der Waals surface area contributed by atoms with E-state index in [-0.39, 0.29) is 12.5 Å². The second-order valence-electron chi connectivity index (χ2n) is 5.10. The van der Waals surface area contributed by atoms with Crippen molar-refractivity contribution in [2.75, 3.05) is 26.1 Å². The minimum absolute atomic E-state index is 0.0569. The molecule has 0 aliphatic carbocycles. The van der Waals surface area contributed by atoms with Crippen molar-refractivity contribution in [1.82, 2.24) is 0 Å². The molecule has 1 amide bonds. The Labute approximate surface area is 136 Å². The van der Waals surface area contributed by atoms with E-state index in [2.05, 4.69) is 5.32 Å². The highest BCUT2D eigenvalue weighted by Gasteiger charge is 2.09. The molecule has 5 heteroatoms. The quantitative estimate of drug-likeness (QED) is 0.888. The molecule has 1 N–H and O–H groups in total. The van der Waals surface area contributed by atoms with Gasteiger partial charge in [-0.3, -0.25) is 4.79 Å². The van der Waals surface area contributed by atoms with Gasteiger partial charge in [0.1, 0.15) is 5.75 Å².